The molecular weight excluding hydrogens is 209 g/mol. The predicted molar refractivity (Wildman–Crippen MR) is 39.9 cm³/mol. The van der Waals surface area contributed by atoms with Gasteiger partial charge in [-0.05, 0) is 34.9 Å². The largest absolute Gasteiger partial charge is 0.405 e. The standard InChI is InChI=1S/C3H4INS/c4-3(6)1-2-5/h1-2H,5H2. The van der Waals surface area contributed by atoms with E-state index in [2.05, 4.69) is 12.2 Å². The van der Waals surface area contributed by atoms with Crippen LogP contribution in [0.1, 0.15) is 0 Å². The van der Waals surface area contributed by atoms with Gasteiger partial charge in [0.2, 0.25) is 0 Å². The summed E-state index contributed by atoms with van der Waals surface area (Å²) in [5, 5.41) is 0. The van der Waals surface area contributed by atoms with Crippen LogP contribution in [-0.4, -0.2) is 2.87 Å². The van der Waals surface area contributed by atoms with Crippen molar-refractivity contribution in [2.45, 2.75) is 0 Å². The summed E-state index contributed by atoms with van der Waals surface area (Å²) in [5.74, 6) is 0. The average molecular weight is 213 g/mol. The Morgan fingerprint density at radius 3 is 2.33 bits per heavy atom. The lowest BCUT2D eigenvalue weighted by atomic mass is 10.7. The summed E-state index contributed by atoms with van der Waals surface area (Å²) in [7, 11) is 0. The van der Waals surface area contributed by atoms with Crippen molar-refractivity contribution < 1.29 is 0 Å². The zero-order valence-corrected chi connectivity index (χ0v) is 5.99. The first kappa shape index (κ1) is 6.36. The Hall–Kier alpha value is 0.360. The fourth-order valence-corrected chi connectivity index (χ4v) is 0.362. The first-order valence-electron chi connectivity index (χ1n) is 1.35. The van der Waals surface area contributed by atoms with Crippen molar-refractivity contribution in [3.8, 4) is 0 Å². The number of allylic oxidation sites excluding steroid dienone is 1. The summed E-state index contributed by atoms with van der Waals surface area (Å²) >= 11 is 6.62. The SMILES string of the molecule is NC=CC(=S)I. The molecule has 0 rings (SSSR count). The number of halogens is 1. The van der Waals surface area contributed by atoms with Crippen molar-refractivity contribution in [1.82, 2.24) is 0 Å². The summed E-state index contributed by atoms with van der Waals surface area (Å²) in [6.45, 7) is 0. The normalized spacial score (nSPS) is 9.50. The van der Waals surface area contributed by atoms with Crippen LogP contribution in [-0.2, 0) is 0 Å². The maximum Gasteiger partial charge on any atom is 0.0774 e. The van der Waals surface area contributed by atoms with Gasteiger partial charge in [0, 0.05) is 0 Å². The van der Waals surface area contributed by atoms with Gasteiger partial charge in [0.15, 0.2) is 0 Å². The Bertz CT molecular complexity index is 78.9. The van der Waals surface area contributed by atoms with Gasteiger partial charge in [-0.25, -0.2) is 0 Å². The van der Waals surface area contributed by atoms with E-state index in [1.165, 1.54) is 6.20 Å². The van der Waals surface area contributed by atoms with Gasteiger partial charge in [-0.1, -0.05) is 12.2 Å². The highest BCUT2D eigenvalue weighted by atomic mass is 127. The van der Waals surface area contributed by atoms with Crippen molar-refractivity contribution in [2.75, 3.05) is 0 Å². The number of hydrogen-bond donors (Lipinski definition) is 1. The van der Waals surface area contributed by atoms with E-state index in [4.69, 9.17) is 5.73 Å². The molecule has 0 heterocycles. The summed E-state index contributed by atoms with van der Waals surface area (Å²) in [4.78, 5) is 0. The molecule has 0 aliphatic carbocycles. The molecule has 0 aromatic heterocycles. The zero-order valence-electron chi connectivity index (χ0n) is 3.02. The van der Waals surface area contributed by atoms with Gasteiger partial charge in [-0.15, -0.1) is 0 Å². The molecule has 0 unspecified atom stereocenters. The molecule has 0 aliphatic heterocycles. The minimum atomic E-state index is 0.787. The lowest BCUT2D eigenvalue weighted by molar-refractivity contribution is 1.63. The molecule has 0 saturated heterocycles. The molecular formula is C3H4INS. The topological polar surface area (TPSA) is 26.0 Å². The number of nitrogens with two attached hydrogens (primary N) is 1. The van der Waals surface area contributed by atoms with Crippen LogP contribution in [0.25, 0.3) is 0 Å². The van der Waals surface area contributed by atoms with E-state index >= 15 is 0 Å². The fraction of sp³-hybridized carbons (Fsp3) is 0. The van der Waals surface area contributed by atoms with Crippen LogP contribution in [0.5, 0.6) is 0 Å². The van der Waals surface area contributed by atoms with Crippen molar-refractivity contribution in [2.24, 2.45) is 5.73 Å². The summed E-state index contributed by atoms with van der Waals surface area (Å²) in [6.07, 6.45) is 3.09. The Kier molecular flexibility index (Phi) is 3.76. The minimum absolute atomic E-state index is 0.787. The highest BCUT2D eigenvalue weighted by Crippen LogP contribution is 1.88. The van der Waals surface area contributed by atoms with E-state index in [0.717, 1.165) is 2.87 Å². The number of rotatable bonds is 1. The van der Waals surface area contributed by atoms with Crippen LogP contribution in [0.4, 0.5) is 0 Å². The van der Waals surface area contributed by atoms with E-state index in [1.54, 1.807) is 6.08 Å². The third-order valence-corrected chi connectivity index (χ3v) is 0.723. The second-order valence-corrected chi connectivity index (χ2v) is 3.00. The average Bonchev–Trinajstić information content (AvgIpc) is 1.35. The molecule has 0 aromatic carbocycles. The van der Waals surface area contributed by atoms with Crippen LogP contribution in [0.2, 0.25) is 0 Å². The van der Waals surface area contributed by atoms with Crippen molar-refractivity contribution in [1.29, 1.82) is 0 Å². The van der Waals surface area contributed by atoms with Gasteiger partial charge in [0.25, 0.3) is 0 Å². The molecule has 2 N–H and O–H groups in total. The van der Waals surface area contributed by atoms with Gasteiger partial charge in [-0.2, -0.15) is 0 Å². The molecule has 0 amide bonds. The molecule has 0 saturated carbocycles. The fourth-order valence-electron chi connectivity index (χ4n) is 0.0757. The zero-order chi connectivity index (χ0) is 4.99. The van der Waals surface area contributed by atoms with Gasteiger partial charge in [0.05, 0.1) is 2.87 Å². The monoisotopic (exact) mass is 213 g/mol. The van der Waals surface area contributed by atoms with Crippen molar-refractivity contribution in [3.05, 3.63) is 12.3 Å². The Balaban J connectivity index is 3.30. The molecule has 0 atom stereocenters. The molecule has 1 nitrogen and oxygen atoms in total. The maximum atomic E-state index is 4.96. The smallest absolute Gasteiger partial charge is 0.0774 e. The second kappa shape index (κ2) is 3.55. The molecule has 0 aliphatic rings. The predicted octanol–water partition coefficient (Wildman–Crippen LogP) is 1.22. The second-order valence-electron chi connectivity index (χ2n) is 0.663. The molecule has 0 fully saturated rings. The van der Waals surface area contributed by atoms with Crippen LogP contribution < -0.4 is 5.73 Å². The van der Waals surface area contributed by atoms with Gasteiger partial charge >= 0.3 is 0 Å². The van der Waals surface area contributed by atoms with Gasteiger partial charge < -0.3 is 5.73 Å². The summed E-state index contributed by atoms with van der Waals surface area (Å²) in [5.41, 5.74) is 4.96. The van der Waals surface area contributed by atoms with E-state index in [0.29, 0.717) is 0 Å². The molecule has 0 radical (unpaired) electrons. The van der Waals surface area contributed by atoms with E-state index < -0.39 is 0 Å². The Labute approximate surface area is 55.7 Å². The molecule has 6 heavy (non-hydrogen) atoms. The molecule has 0 bridgehead atoms. The quantitative estimate of drug-likeness (QED) is 0.306. The minimum Gasteiger partial charge on any atom is -0.405 e. The summed E-state index contributed by atoms with van der Waals surface area (Å²) in [6, 6.07) is 0. The number of hydrogen-bond acceptors (Lipinski definition) is 2. The molecule has 0 aromatic rings. The van der Waals surface area contributed by atoms with E-state index in [-0.39, 0.29) is 0 Å². The first-order chi connectivity index (χ1) is 2.77. The van der Waals surface area contributed by atoms with E-state index in [9.17, 15) is 0 Å². The van der Waals surface area contributed by atoms with Crippen LogP contribution in [0, 0.1) is 0 Å². The first-order valence-corrected chi connectivity index (χ1v) is 2.84. The Morgan fingerprint density at radius 2 is 2.33 bits per heavy atom. The molecule has 34 valence electrons. The van der Waals surface area contributed by atoms with Crippen LogP contribution in [0.3, 0.4) is 0 Å². The maximum absolute atomic E-state index is 4.96. The van der Waals surface area contributed by atoms with Crippen molar-refractivity contribution in [3.63, 3.8) is 0 Å². The number of thiocarbonyl (C=S) groups is 1. The molecule has 0 spiro atoms. The lowest BCUT2D eigenvalue weighted by Crippen LogP contribution is -1.77. The summed E-state index contributed by atoms with van der Waals surface area (Å²) < 4.78 is 0.787. The highest BCUT2D eigenvalue weighted by Gasteiger charge is 1.70. The third kappa shape index (κ3) is 4.36. The molecule has 3 heteroatoms. The van der Waals surface area contributed by atoms with Crippen LogP contribution >= 0.6 is 34.8 Å². The third-order valence-electron chi connectivity index (χ3n) is 0.227. The van der Waals surface area contributed by atoms with Gasteiger partial charge in [0.1, 0.15) is 0 Å². The highest BCUT2D eigenvalue weighted by molar-refractivity contribution is 14.1. The van der Waals surface area contributed by atoms with Crippen LogP contribution in [0.15, 0.2) is 12.3 Å². The Morgan fingerprint density at radius 1 is 1.83 bits per heavy atom. The van der Waals surface area contributed by atoms with Crippen molar-refractivity contribution >= 4 is 37.7 Å². The van der Waals surface area contributed by atoms with E-state index in [1.807, 2.05) is 22.6 Å². The lowest BCUT2D eigenvalue weighted by Gasteiger charge is -1.70. The van der Waals surface area contributed by atoms with Gasteiger partial charge in [-0.3, -0.25) is 0 Å².